The lowest BCUT2D eigenvalue weighted by Gasteiger charge is -2.22. The average Bonchev–Trinajstić information content (AvgIpc) is 2.71. The van der Waals surface area contributed by atoms with Gasteiger partial charge in [0.05, 0.1) is 19.6 Å². The van der Waals surface area contributed by atoms with Crippen molar-refractivity contribution >= 4 is 20.0 Å². The Labute approximate surface area is 129 Å². The Bertz CT molecular complexity index is 544. The fraction of sp³-hybridized carbons (Fsp3) is 1.00. The van der Waals surface area contributed by atoms with E-state index in [1.54, 1.807) is 4.90 Å². The van der Waals surface area contributed by atoms with E-state index in [0.29, 0.717) is 0 Å². The molecule has 0 bridgehead atoms. The van der Waals surface area contributed by atoms with Crippen LogP contribution in [0.25, 0.3) is 4.13 Å². The molecule has 1 fully saturated rings. The SMILES string of the molecule is CC[NH+]1CCN(C)C1.O=S(=O)([N-]S(=O)(=O)C(F)(F)F)C(F)(F)F. The molecule has 0 aromatic carbocycles. The number of hydrogen-bond donors (Lipinski definition) is 1. The van der Waals surface area contributed by atoms with Crippen molar-refractivity contribution < 1.29 is 48.1 Å². The molecule has 0 radical (unpaired) electrons. The first kappa shape index (κ1) is 22.4. The molecular formula is C8H15F6N3O4S2. The maximum absolute atomic E-state index is 11.4. The Balaban J connectivity index is 0.000000502. The second kappa shape index (κ2) is 7.50. The van der Waals surface area contributed by atoms with Crippen LogP contribution < -0.4 is 4.90 Å². The largest absolute Gasteiger partial charge is 0.480 e. The first-order valence-corrected chi connectivity index (χ1v) is 8.80. The first-order chi connectivity index (χ1) is 10.0. The molecule has 0 aliphatic carbocycles. The normalized spacial score (nSPS) is 21.0. The number of hydrogen-bond acceptors (Lipinski definition) is 5. The molecular weight excluding hydrogens is 380 g/mol. The van der Waals surface area contributed by atoms with Gasteiger partial charge in [0.25, 0.3) is 0 Å². The third-order valence-electron chi connectivity index (χ3n) is 2.62. The summed E-state index contributed by atoms with van der Waals surface area (Å²) < 4.78 is 109. The van der Waals surface area contributed by atoms with Crippen LogP contribution in [-0.4, -0.2) is 66.1 Å². The van der Waals surface area contributed by atoms with E-state index in [4.69, 9.17) is 0 Å². The van der Waals surface area contributed by atoms with Crippen molar-refractivity contribution in [1.82, 2.24) is 4.90 Å². The van der Waals surface area contributed by atoms with E-state index in [1.165, 1.54) is 26.3 Å². The molecule has 1 N–H and O–H groups in total. The van der Waals surface area contributed by atoms with Gasteiger partial charge in [0.2, 0.25) is 0 Å². The Hall–Kier alpha value is -0.640. The highest BCUT2D eigenvalue weighted by molar-refractivity contribution is 8.13. The van der Waals surface area contributed by atoms with Crippen LogP contribution in [0, 0.1) is 0 Å². The van der Waals surface area contributed by atoms with E-state index in [0.717, 1.165) is 4.13 Å². The van der Waals surface area contributed by atoms with Crippen LogP contribution in [0.15, 0.2) is 0 Å². The fourth-order valence-electron chi connectivity index (χ4n) is 1.39. The number of alkyl halides is 6. The molecule has 1 rings (SSSR count). The lowest BCUT2D eigenvalue weighted by atomic mass is 10.6. The summed E-state index contributed by atoms with van der Waals surface area (Å²) in [7, 11) is -11.3. The van der Waals surface area contributed by atoms with E-state index in [1.807, 2.05) is 0 Å². The van der Waals surface area contributed by atoms with Crippen LogP contribution in [0.5, 0.6) is 0 Å². The van der Waals surface area contributed by atoms with E-state index >= 15 is 0 Å². The molecule has 1 unspecified atom stereocenters. The van der Waals surface area contributed by atoms with E-state index in [-0.39, 0.29) is 0 Å². The molecule has 0 aromatic rings. The van der Waals surface area contributed by atoms with Gasteiger partial charge in [-0.1, -0.05) is 0 Å². The molecule has 1 aliphatic rings. The molecule has 23 heavy (non-hydrogen) atoms. The van der Waals surface area contributed by atoms with Crippen LogP contribution in [0.1, 0.15) is 6.92 Å². The van der Waals surface area contributed by atoms with Gasteiger partial charge < -0.3 is 9.03 Å². The van der Waals surface area contributed by atoms with Crippen LogP contribution in [0.3, 0.4) is 0 Å². The third-order valence-corrected chi connectivity index (χ3v) is 5.36. The molecule has 0 spiro atoms. The first-order valence-electron chi connectivity index (χ1n) is 5.92. The number of likely N-dealkylation sites (N-methyl/N-ethyl adjacent to an activating group) is 2. The maximum atomic E-state index is 11.4. The number of halogens is 6. The van der Waals surface area contributed by atoms with E-state index < -0.39 is 31.1 Å². The number of quaternary nitrogens is 1. The van der Waals surface area contributed by atoms with Crippen molar-refractivity contribution in [3.8, 4) is 0 Å². The summed E-state index contributed by atoms with van der Waals surface area (Å²) in [6.45, 7) is 7.39. The molecule has 1 aliphatic heterocycles. The van der Waals surface area contributed by atoms with Crippen LogP contribution in [0.4, 0.5) is 26.3 Å². The lowest BCUT2D eigenvalue weighted by Crippen LogP contribution is -3.10. The zero-order chi connectivity index (χ0) is 18.7. The molecule has 7 nitrogen and oxygen atoms in total. The summed E-state index contributed by atoms with van der Waals surface area (Å²) in [4.78, 5) is 4.09. The van der Waals surface area contributed by atoms with Crippen molar-refractivity contribution in [2.24, 2.45) is 0 Å². The second-order valence-corrected chi connectivity index (χ2v) is 7.93. The molecule has 0 amide bonds. The number of sulfonamides is 2. The van der Waals surface area contributed by atoms with Crippen molar-refractivity contribution in [2.75, 3.05) is 33.4 Å². The number of nitrogens with zero attached hydrogens (tertiary/aromatic N) is 2. The zero-order valence-corrected chi connectivity index (χ0v) is 13.6. The third kappa shape index (κ3) is 6.78. The predicted molar refractivity (Wildman–Crippen MR) is 67.2 cm³/mol. The van der Waals surface area contributed by atoms with Crippen LogP contribution in [-0.2, 0) is 20.0 Å². The van der Waals surface area contributed by atoms with Crippen molar-refractivity contribution in [2.45, 2.75) is 17.9 Å². The zero-order valence-electron chi connectivity index (χ0n) is 11.9. The van der Waals surface area contributed by atoms with Gasteiger partial charge in [0.1, 0.15) is 6.67 Å². The topological polar surface area (TPSA) is 90.1 Å². The van der Waals surface area contributed by atoms with Crippen molar-refractivity contribution in [3.63, 3.8) is 0 Å². The Morgan fingerprint density at radius 1 is 1.00 bits per heavy atom. The van der Waals surface area contributed by atoms with E-state index in [9.17, 15) is 43.2 Å². The van der Waals surface area contributed by atoms with Crippen molar-refractivity contribution in [1.29, 1.82) is 0 Å². The Kier molecular flexibility index (Phi) is 7.29. The summed E-state index contributed by atoms with van der Waals surface area (Å²) in [5.74, 6) is 0. The quantitative estimate of drug-likeness (QED) is 0.672. The highest BCUT2D eigenvalue weighted by Crippen LogP contribution is 2.36. The Morgan fingerprint density at radius 2 is 1.39 bits per heavy atom. The average molecular weight is 395 g/mol. The minimum Gasteiger partial charge on any atom is -0.421 e. The minimum absolute atomic E-state index is 0.778. The van der Waals surface area contributed by atoms with Gasteiger partial charge in [-0.15, -0.1) is 0 Å². The predicted octanol–water partition coefficient (Wildman–Crippen LogP) is -0.147. The standard InChI is InChI=1S/C6H14N2.C2F6NO4S2/c1-3-8-5-4-7(2)6-8;3-1(4,5)14(10,11)9-15(12,13)2(6,7)8/h3-6H2,1-2H3;/q;-1/p+1. The molecule has 0 saturated carbocycles. The summed E-state index contributed by atoms with van der Waals surface area (Å²) in [6.07, 6.45) is 0. The molecule has 1 heterocycles. The molecule has 0 aromatic heterocycles. The summed E-state index contributed by atoms with van der Waals surface area (Å²) in [5, 5.41) is 0. The maximum Gasteiger partial charge on any atom is 0.480 e. The summed E-state index contributed by atoms with van der Waals surface area (Å²) >= 11 is 0. The van der Waals surface area contributed by atoms with Gasteiger partial charge in [-0.25, -0.2) is 16.8 Å². The van der Waals surface area contributed by atoms with Gasteiger partial charge in [-0.05, 0) is 14.0 Å². The highest BCUT2D eigenvalue weighted by Gasteiger charge is 2.46. The summed E-state index contributed by atoms with van der Waals surface area (Å²) in [5.41, 5.74) is -12.4. The molecule has 1 saturated heterocycles. The van der Waals surface area contributed by atoms with Gasteiger partial charge in [0.15, 0.2) is 20.0 Å². The minimum atomic E-state index is -6.72. The monoisotopic (exact) mass is 395 g/mol. The van der Waals surface area contributed by atoms with Crippen LogP contribution in [0.2, 0.25) is 0 Å². The number of nitrogens with one attached hydrogen (secondary N) is 1. The Morgan fingerprint density at radius 3 is 1.57 bits per heavy atom. The van der Waals surface area contributed by atoms with Gasteiger partial charge in [-0.2, -0.15) is 26.3 Å². The fourth-order valence-corrected chi connectivity index (χ4v) is 3.10. The lowest BCUT2D eigenvalue weighted by molar-refractivity contribution is -0.889. The van der Waals surface area contributed by atoms with Gasteiger partial charge in [0, 0.05) is 0 Å². The highest BCUT2D eigenvalue weighted by atomic mass is 32.3. The van der Waals surface area contributed by atoms with Crippen LogP contribution >= 0.6 is 0 Å². The molecule has 15 heteroatoms. The van der Waals surface area contributed by atoms with Gasteiger partial charge in [-0.3, -0.25) is 4.90 Å². The number of rotatable bonds is 3. The van der Waals surface area contributed by atoms with Gasteiger partial charge >= 0.3 is 11.0 Å². The molecule has 1 atom stereocenters. The van der Waals surface area contributed by atoms with Crippen molar-refractivity contribution in [3.05, 3.63) is 4.13 Å². The second-order valence-electron chi connectivity index (χ2n) is 4.51. The van der Waals surface area contributed by atoms with E-state index in [2.05, 4.69) is 18.9 Å². The smallest absolute Gasteiger partial charge is 0.421 e. The summed E-state index contributed by atoms with van der Waals surface area (Å²) in [6, 6.07) is 0. The molecule has 140 valence electrons.